The van der Waals surface area contributed by atoms with Gasteiger partial charge in [-0.1, -0.05) is 38.0 Å². The number of rotatable bonds is 6. The van der Waals surface area contributed by atoms with Crippen molar-refractivity contribution in [3.05, 3.63) is 30.3 Å². The molecule has 0 aliphatic rings. The zero-order valence-corrected chi connectivity index (χ0v) is 9.52. The van der Waals surface area contributed by atoms with Crippen LogP contribution in [-0.4, -0.2) is 6.54 Å². The van der Waals surface area contributed by atoms with E-state index in [2.05, 4.69) is 6.92 Å². The summed E-state index contributed by atoms with van der Waals surface area (Å²) in [4.78, 5) is 0. The van der Waals surface area contributed by atoms with Crippen molar-refractivity contribution >= 4 is 5.69 Å². The molecular weight excluding hydrogens is 186 g/mol. The summed E-state index contributed by atoms with van der Waals surface area (Å²) in [6.45, 7) is 2.99. The summed E-state index contributed by atoms with van der Waals surface area (Å²) < 4.78 is 0.00452. The molecule has 3 nitrogen and oxygen atoms in total. The van der Waals surface area contributed by atoms with Gasteiger partial charge < -0.3 is 0 Å². The van der Waals surface area contributed by atoms with Gasteiger partial charge in [-0.2, -0.15) is 11.7 Å². The molecule has 3 heteroatoms. The molecule has 0 aromatic heterocycles. The lowest BCUT2D eigenvalue weighted by molar-refractivity contribution is 0.283. The Morgan fingerprint density at radius 2 is 1.67 bits per heavy atom. The topological polar surface area (TPSA) is 52.0 Å². The van der Waals surface area contributed by atoms with E-state index >= 15 is 0 Å². The van der Waals surface area contributed by atoms with Crippen molar-refractivity contribution in [3.63, 3.8) is 0 Å². The number of nitrogens with two attached hydrogens (primary N) is 2. The van der Waals surface area contributed by atoms with Crippen molar-refractivity contribution < 1.29 is 0 Å². The van der Waals surface area contributed by atoms with Crippen LogP contribution in [0.5, 0.6) is 0 Å². The van der Waals surface area contributed by atoms with Crippen molar-refractivity contribution in [2.45, 2.75) is 32.6 Å². The van der Waals surface area contributed by atoms with Crippen molar-refractivity contribution in [1.82, 2.24) is 4.70 Å². The smallest absolute Gasteiger partial charge is 0.156 e. The third kappa shape index (κ3) is 4.00. The maximum absolute atomic E-state index is 6.04. The summed E-state index contributed by atoms with van der Waals surface area (Å²) in [7, 11) is 0. The molecule has 1 aromatic rings. The van der Waals surface area contributed by atoms with Crippen LogP contribution in [0.4, 0.5) is 5.69 Å². The van der Waals surface area contributed by atoms with Crippen LogP contribution in [0, 0.1) is 0 Å². The molecule has 15 heavy (non-hydrogen) atoms. The Hall–Kier alpha value is -0.900. The number of quaternary nitrogens is 1. The van der Waals surface area contributed by atoms with Crippen molar-refractivity contribution in [2.24, 2.45) is 11.7 Å². The normalized spacial score (nSPS) is 11.7. The molecular formula is C12H22N3+. The molecule has 0 fully saturated rings. The summed E-state index contributed by atoms with van der Waals surface area (Å²) in [6, 6.07) is 9.85. The van der Waals surface area contributed by atoms with Gasteiger partial charge in [0, 0.05) is 18.6 Å². The highest BCUT2D eigenvalue weighted by Crippen LogP contribution is 2.14. The molecule has 0 aliphatic heterocycles. The van der Waals surface area contributed by atoms with E-state index in [1.807, 2.05) is 30.3 Å². The van der Waals surface area contributed by atoms with Gasteiger partial charge in [0.1, 0.15) is 6.54 Å². The van der Waals surface area contributed by atoms with Crippen LogP contribution in [0.1, 0.15) is 32.6 Å². The average Bonchev–Trinajstić information content (AvgIpc) is 2.26. The number of hydrogen-bond donors (Lipinski definition) is 2. The quantitative estimate of drug-likeness (QED) is 0.326. The predicted octanol–water partition coefficient (Wildman–Crippen LogP) is 2.32. The minimum absolute atomic E-state index is 0.00452. The van der Waals surface area contributed by atoms with Gasteiger partial charge in [-0.05, 0) is 6.42 Å². The number of unbranched alkanes of at least 4 members (excludes halogenated alkanes) is 3. The van der Waals surface area contributed by atoms with Crippen LogP contribution in [0.3, 0.4) is 0 Å². The van der Waals surface area contributed by atoms with E-state index in [0.717, 1.165) is 18.7 Å². The van der Waals surface area contributed by atoms with Gasteiger partial charge >= 0.3 is 0 Å². The first-order valence-electron chi connectivity index (χ1n) is 5.67. The molecule has 0 saturated carbocycles. The molecule has 0 heterocycles. The van der Waals surface area contributed by atoms with Crippen molar-refractivity contribution in [3.8, 4) is 0 Å². The standard InChI is InChI=1S/C12H22N3/c1-2-3-4-8-11-15(13,14)12-9-6-5-7-10-12/h5-7,9-10H,2-4,8,11,13-14H2,1H3/q+1. The lowest BCUT2D eigenvalue weighted by atomic mass is 10.2. The van der Waals surface area contributed by atoms with Crippen LogP contribution in [0.2, 0.25) is 0 Å². The van der Waals surface area contributed by atoms with Gasteiger partial charge in [0.15, 0.2) is 5.69 Å². The zero-order chi connectivity index (χ0) is 11.1. The number of para-hydroxylation sites is 1. The second-order valence-corrected chi connectivity index (χ2v) is 4.05. The minimum atomic E-state index is 0.00452. The fraction of sp³-hybridized carbons (Fsp3) is 0.500. The van der Waals surface area contributed by atoms with E-state index < -0.39 is 0 Å². The Morgan fingerprint density at radius 3 is 2.27 bits per heavy atom. The largest absolute Gasteiger partial charge is 0.171 e. The minimum Gasteiger partial charge on any atom is -0.156 e. The molecule has 0 amide bonds. The third-order valence-corrected chi connectivity index (χ3v) is 2.62. The Balaban J connectivity index is 2.45. The molecule has 0 radical (unpaired) electrons. The SMILES string of the molecule is CCCCCC[N+](N)(N)c1ccccc1. The van der Waals surface area contributed by atoms with Gasteiger partial charge in [0.05, 0.1) is 0 Å². The molecule has 0 aliphatic carbocycles. The summed E-state index contributed by atoms with van der Waals surface area (Å²) >= 11 is 0. The molecule has 0 saturated heterocycles. The van der Waals surface area contributed by atoms with Gasteiger partial charge in [-0.25, -0.2) is 0 Å². The first-order chi connectivity index (χ1) is 7.17. The number of benzene rings is 1. The van der Waals surface area contributed by atoms with Crippen molar-refractivity contribution in [1.29, 1.82) is 0 Å². The molecule has 1 rings (SSSR count). The lowest BCUT2D eigenvalue weighted by Gasteiger charge is -2.25. The maximum Gasteiger partial charge on any atom is 0.171 e. The molecule has 0 bridgehead atoms. The summed E-state index contributed by atoms with van der Waals surface area (Å²) in [5, 5.41) is 0. The van der Waals surface area contributed by atoms with Crippen LogP contribution in [0.25, 0.3) is 0 Å². The maximum atomic E-state index is 6.04. The summed E-state index contributed by atoms with van der Waals surface area (Å²) in [5.74, 6) is 12.1. The second-order valence-electron chi connectivity index (χ2n) is 4.05. The van der Waals surface area contributed by atoms with Gasteiger partial charge in [-0.3, -0.25) is 0 Å². The summed E-state index contributed by atoms with van der Waals surface area (Å²) in [6.07, 6.45) is 4.78. The highest BCUT2D eigenvalue weighted by molar-refractivity contribution is 5.39. The lowest BCUT2D eigenvalue weighted by Crippen LogP contribution is -2.62. The van der Waals surface area contributed by atoms with E-state index in [0.29, 0.717) is 0 Å². The van der Waals surface area contributed by atoms with Crippen LogP contribution in [0.15, 0.2) is 30.3 Å². The van der Waals surface area contributed by atoms with Gasteiger partial charge in [0.2, 0.25) is 0 Å². The van der Waals surface area contributed by atoms with E-state index in [4.69, 9.17) is 11.7 Å². The average molecular weight is 208 g/mol. The van der Waals surface area contributed by atoms with Gasteiger partial charge in [-0.15, -0.1) is 4.70 Å². The predicted molar refractivity (Wildman–Crippen MR) is 65.6 cm³/mol. The van der Waals surface area contributed by atoms with Crippen molar-refractivity contribution in [2.75, 3.05) is 6.54 Å². The first kappa shape index (κ1) is 12.2. The van der Waals surface area contributed by atoms with E-state index in [9.17, 15) is 0 Å². The van der Waals surface area contributed by atoms with Crippen LogP contribution >= 0.6 is 0 Å². The van der Waals surface area contributed by atoms with Gasteiger partial charge in [0.25, 0.3) is 0 Å². The fourth-order valence-corrected chi connectivity index (χ4v) is 1.63. The van der Waals surface area contributed by atoms with Crippen LogP contribution in [-0.2, 0) is 0 Å². The molecule has 0 atom stereocenters. The highest BCUT2D eigenvalue weighted by atomic mass is 15.7. The third-order valence-electron chi connectivity index (χ3n) is 2.62. The van der Waals surface area contributed by atoms with E-state index in [-0.39, 0.29) is 4.70 Å². The number of hydrogen-bond acceptors (Lipinski definition) is 2. The Morgan fingerprint density at radius 1 is 1.00 bits per heavy atom. The molecule has 84 valence electrons. The first-order valence-corrected chi connectivity index (χ1v) is 5.67. The van der Waals surface area contributed by atoms with Crippen LogP contribution < -0.4 is 16.4 Å². The number of nitrogens with zero attached hydrogens (tertiary/aromatic N) is 1. The highest BCUT2D eigenvalue weighted by Gasteiger charge is 2.20. The summed E-state index contributed by atoms with van der Waals surface area (Å²) in [5.41, 5.74) is 0.967. The Kier molecular flexibility index (Phi) is 4.75. The van der Waals surface area contributed by atoms with E-state index in [1.54, 1.807) is 0 Å². The molecule has 0 unspecified atom stereocenters. The second kappa shape index (κ2) is 5.85. The zero-order valence-electron chi connectivity index (χ0n) is 9.52. The monoisotopic (exact) mass is 208 g/mol. The fourth-order valence-electron chi connectivity index (χ4n) is 1.63. The Labute approximate surface area is 92.2 Å². The molecule has 1 aromatic carbocycles. The molecule has 0 spiro atoms. The molecule has 4 N–H and O–H groups in total. The van der Waals surface area contributed by atoms with E-state index in [1.165, 1.54) is 19.3 Å². The Bertz CT molecular complexity index is 269.